The third-order valence-corrected chi connectivity index (χ3v) is 6.76. The van der Waals surface area contributed by atoms with Gasteiger partial charge in [0, 0.05) is 11.9 Å². The predicted octanol–water partition coefficient (Wildman–Crippen LogP) is 4.55. The topological polar surface area (TPSA) is 78.2 Å². The molecule has 0 fully saturated rings. The van der Waals surface area contributed by atoms with Crippen molar-refractivity contribution in [3.63, 3.8) is 0 Å². The maximum absolute atomic E-state index is 14.1. The number of nitrogens with zero attached hydrogens (tertiary/aromatic N) is 3. The first-order valence-electron chi connectivity index (χ1n) is 12.3. The summed E-state index contributed by atoms with van der Waals surface area (Å²) in [5.41, 5.74) is 3.29. The van der Waals surface area contributed by atoms with Gasteiger partial charge in [-0.3, -0.25) is 14.2 Å². The molecule has 1 amide bonds. The standard InChI is InChI=1S/C28H29FN4O3/c1-36-22-10-7-20(8-11-22)16-32-18-31-26-23-15-21(29)9-12-24(23)33(27(26)28(32)35)17-25(34)30-14-13-19-5-3-2-4-6-19/h5,7-12,15,18H,2-4,6,13-14,16-17H2,1H3,(H,30,34). The molecule has 1 aliphatic rings. The van der Waals surface area contributed by atoms with Crippen LogP contribution in [0.25, 0.3) is 21.9 Å². The Morgan fingerprint density at radius 3 is 2.75 bits per heavy atom. The van der Waals surface area contributed by atoms with Gasteiger partial charge in [-0.25, -0.2) is 9.37 Å². The number of amides is 1. The van der Waals surface area contributed by atoms with Gasteiger partial charge in [0.15, 0.2) is 0 Å². The van der Waals surface area contributed by atoms with Gasteiger partial charge in [-0.2, -0.15) is 0 Å². The molecule has 1 aliphatic carbocycles. The van der Waals surface area contributed by atoms with Crippen LogP contribution in [0.5, 0.6) is 5.75 Å². The number of fused-ring (bicyclic) bond motifs is 3. The first kappa shape index (κ1) is 23.8. The molecule has 4 aromatic rings. The number of halogens is 1. The first-order chi connectivity index (χ1) is 17.5. The van der Waals surface area contributed by atoms with E-state index in [1.807, 2.05) is 24.3 Å². The predicted molar refractivity (Wildman–Crippen MR) is 138 cm³/mol. The molecule has 8 heteroatoms. The van der Waals surface area contributed by atoms with Crippen LogP contribution in [0.1, 0.15) is 37.7 Å². The molecule has 2 aromatic carbocycles. The second-order valence-electron chi connectivity index (χ2n) is 9.18. The lowest BCUT2D eigenvalue weighted by Crippen LogP contribution is -2.30. The van der Waals surface area contributed by atoms with E-state index in [-0.39, 0.29) is 23.5 Å². The maximum Gasteiger partial charge on any atom is 0.278 e. The third-order valence-electron chi connectivity index (χ3n) is 6.76. The first-order valence-corrected chi connectivity index (χ1v) is 12.3. The lowest BCUT2D eigenvalue weighted by atomic mass is 9.97. The Balaban J connectivity index is 1.45. The number of carbonyl (C=O) groups is 1. The van der Waals surface area contributed by atoms with Crippen molar-refractivity contribution in [2.75, 3.05) is 13.7 Å². The molecule has 186 valence electrons. The number of hydrogen-bond donors (Lipinski definition) is 1. The number of hydrogen-bond acceptors (Lipinski definition) is 4. The van der Waals surface area contributed by atoms with Crippen LogP contribution in [0.2, 0.25) is 0 Å². The van der Waals surface area contributed by atoms with Crippen molar-refractivity contribution in [2.24, 2.45) is 0 Å². The second kappa shape index (κ2) is 10.4. The lowest BCUT2D eigenvalue weighted by Gasteiger charge is -2.13. The Morgan fingerprint density at radius 2 is 2.00 bits per heavy atom. The number of nitrogens with one attached hydrogen (secondary N) is 1. The Morgan fingerprint density at radius 1 is 1.17 bits per heavy atom. The minimum absolute atomic E-state index is 0.0475. The molecular weight excluding hydrogens is 459 g/mol. The fourth-order valence-electron chi connectivity index (χ4n) is 4.87. The molecule has 2 heterocycles. The van der Waals surface area contributed by atoms with Crippen LogP contribution in [0, 0.1) is 5.82 Å². The van der Waals surface area contributed by atoms with Crippen LogP contribution in [-0.4, -0.2) is 33.7 Å². The second-order valence-corrected chi connectivity index (χ2v) is 9.18. The van der Waals surface area contributed by atoms with Gasteiger partial charge in [-0.15, -0.1) is 0 Å². The molecule has 7 nitrogen and oxygen atoms in total. The van der Waals surface area contributed by atoms with Gasteiger partial charge in [0.25, 0.3) is 5.56 Å². The molecule has 0 unspecified atom stereocenters. The molecule has 2 aromatic heterocycles. The SMILES string of the molecule is COc1ccc(Cn2cnc3c4cc(F)ccc4n(CC(=O)NCCC4=CCCCC4)c3c2=O)cc1. The summed E-state index contributed by atoms with van der Waals surface area (Å²) in [6.45, 7) is 0.813. The van der Waals surface area contributed by atoms with E-state index in [9.17, 15) is 14.0 Å². The van der Waals surface area contributed by atoms with Gasteiger partial charge in [0.05, 0.1) is 25.5 Å². The van der Waals surface area contributed by atoms with E-state index in [1.165, 1.54) is 41.4 Å². The number of aromatic nitrogens is 3. The van der Waals surface area contributed by atoms with E-state index in [4.69, 9.17) is 4.74 Å². The lowest BCUT2D eigenvalue weighted by molar-refractivity contribution is -0.121. The molecular formula is C28H29FN4O3. The summed E-state index contributed by atoms with van der Waals surface area (Å²) < 4.78 is 22.5. The van der Waals surface area contributed by atoms with Crippen LogP contribution in [-0.2, 0) is 17.9 Å². The Labute approximate surface area is 208 Å². The Bertz CT molecular complexity index is 1500. The zero-order valence-corrected chi connectivity index (χ0v) is 20.3. The van der Waals surface area contributed by atoms with Gasteiger partial charge in [-0.1, -0.05) is 23.8 Å². The van der Waals surface area contributed by atoms with Gasteiger partial charge in [-0.05, 0) is 68.0 Å². The number of methoxy groups -OCH3 is 1. The molecule has 0 radical (unpaired) electrons. The van der Waals surface area contributed by atoms with E-state index < -0.39 is 5.82 Å². The normalized spacial score (nSPS) is 13.7. The number of rotatable bonds is 8. The quantitative estimate of drug-likeness (QED) is 0.369. The Kier molecular flexibility index (Phi) is 6.84. The van der Waals surface area contributed by atoms with Crippen LogP contribution in [0.4, 0.5) is 4.39 Å². The summed E-state index contributed by atoms with van der Waals surface area (Å²) in [5.74, 6) is 0.114. The molecule has 0 aliphatic heterocycles. The molecule has 5 rings (SSSR count). The van der Waals surface area contributed by atoms with Crippen molar-refractivity contribution in [1.29, 1.82) is 0 Å². The van der Waals surface area contributed by atoms with Crippen molar-refractivity contribution < 1.29 is 13.9 Å². The van der Waals surface area contributed by atoms with Gasteiger partial charge < -0.3 is 14.6 Å². The van der Waals surface area contributed by atoms with Crippen molar-refractivity contribution >= 4 is 27.8 Å². The zero-order chi connectivity index (χ0) is 25.1. The highest BCUT2D eigenvalue weighted by Gasteiger charge is 2.19. The fourth-order valence-corrected chi connectivity index (χ4v) is 4.87. The van der Waals surface area contributed by atoms with Crippen molar-refractivity contribution in [1.82, 2.24) is 19.4 Å². The van der Waals surface area contributed by atoms with E-state index in [2.05, 4.69) is 16.4 Å². The molecule has 0 saturated heterocycles. The van der Waals surface area contributed by atoms with Crippen LogP contribution in [0.15, 0.2) is 65.2 Å². The summed E-state index contributed by atoms with van der Waals surface area (Å²) in [6.07, 6.45) is 9.21. The highest BCUT2D eigenvalue weighted by atomic mass is 19.1. The number of ether oxygens (including phenoxy) is 1. The summed E-state index contributed by atoms with van der Waals surface area (Å²) in [7, 11) is 1.60. The maximum atomic E-state index is 14.1. The summed E-state index contributed by atoms with van der Waals surface area (Å²) >= 11 is 0. The molecule has 36 heavy (non-hydrogen) atoms. The van der Waals surface area contributed by atoms with Crippen molar-refractivity contribution in [3.8, 4) is 5.75 Å². The zero-order valence-electron chi connectivity index (χ0n) is 20.3. The third kappa shape index (κ3) is 4.89. The molecule has 0 spiro atoms. The van der Waals surface area contributed by atoms with Crippen LogP contribution in [0.3, 0.4) is 0 Å². The van der Waals surface area contributed by atoms with Crippen LogP contribution >= 0.6 is 0 Å². The van der Waals surface area contributed by atoms with E-state index >= 15 is 0 Å². The number of carbonyl (C=O) groups excluding carboxylic acids is 1. The minimum atomic E-state index is -0.420. The molecule has 0 bridgehead atoms. The van der Waals surface area contributed by atoms with Gasteiger partial charge in [0.2, 0.25) is 5.91 Å². The average molecular weight is 489 g/mol. The largest absolute Gasteiger partial charge is 0.497 e. The average Bonchev–Trinajstić information content (AvgIpc) is 3.19. The molecule has 1 N–H and O–H groups in total. The Hall–Kier alpha value is -3.94. The van der Waals surface area contributed by atoms with Gasteiger partial charge >= 0.3 is 0 Å². The van der Waals surface area contributed by atoms with E-state index in [0.29, 0.717) is 29.5 Å². The van der Waals surface area contributed by atoms with Crippen molar-refractivity contribution in [2.45, 2.75) is 45.2 Å². The van der Waals surface area contributed by atoms with Gasteiger partial charge in [0.1, 0.15) is 29.1 Å². The van der Waals surface area contributed by atoms with E-state index in [1.54, 1.807) is 17.7 Å². The molecule has 0 saturated carbocycles. The summed E-state index contributed by atoms with van der Waals surface area (Å²) in [6, 6.07) is 11.7. The summed E-state index contributed by atoms with van der Waals surface area (Å²) in [5, 5.41) is 3.49. The minimum Gasteiger partial charge on any atom is -0.497 e. The smallest absolute Gasteiger partial charge is 0.278 e. The highest BCUT2D eigenvalue weighted by molar-refractivity contribution is 6.06. The fraction of sp³-hybridized carbons (Fsp3) is 0.321. The van der Waals surface area contributed by atoms with E-state index in [0.717, 1.165) is 30.6 Å². The highest BCUT2D eigenvalue weighted by Crippen LogP contribution is 2.26. The summed E-state index contributed by atoms with van der Waals surface area (Å²) in [4.78, 5) is 31.0. The number of benzene rings is 2. The van der Waals surface area contributed by atoms with Crippen LogP contribution < -0.4 is 15.6 Å². The van der Waals surface area contributed by atoms with Crippen molar-refractivity contribution in [3.05, 3.63) is 82.2 Å². The monoisotopic (exact) mass is 488 g/mol. The molecule has 0 atom stereocenters. The number of allylic oxidation sites excluding steroid dienone is 1.